The molecule has 0 aliphatic heterocycles. The van der Waals surface area contributed by atoms with Crippen molar-refractivity contribution in [1.82, 2.24) is 9.78 Å². The Labute approximate surface area is 104 Å². The van der Waals surface area contributed by atoms with Crippen LogP contribution in [0.2, 0.25) is 0 Å². The van der Waals surface area contributed by atoms with Gasteiger partial charge in [-0.2, -0.15) is 13.9 Å². The van der Waals surface area contributed by atoms with Gasteiger partial charge in [-0.05, 0) is 40.0 Å². The fourth-order valence-corrected chi connectivity index (χ4v) is 3.00. The van der Waals surface area contributed by atoms with Gasteiger partial charge in [0.05, 0.1) is 5.54 Å². The maximum Gasteiger partial charge on any atom is 0.293 e. The van der Waals surface area contributed by atoms with Gasteiger partial charge in [-0.25, -0.2) is 4.39 Å². The van der Waals surface area contributed by atoms with Gasteiger partial charge in [0, 0.05) is 11.5 Å². The first-order valence-corrected chi connectivity index (χ1v) is 6.31. The molecule has 1 fully saturated rings. The summed E-state index contributed by atoms with van der Waals surface area (Å²) in [4.78, 5) is 0. The number of halogens is 3. The van der Waals surface area contributed by atoms with Gasteiger partial charge in [0.15, 0.2) is 0 Å². The van der Waals surface area contributed by atoms with Crippen molar-refractivity contribution in [3.63, 3.8) is 0 Å². The number of hydrogen-bond donors (Lipinski definition) is 0. The minimum absolute atomic E-state index is 0.0456. The second kappa shape index (κ2) is 3.11. The van der Waals surface area contributed by atoms with E-state index >= 15 is 0 Å². The van der Waals surface area contributed by atoms with Gasteiger partial charge in [0.2, 0.25) is 0 Å². The van der Waals surface area contributed by atoms with Crippen LogP contribution in [-0.4, -0.2) is 9.78 Å². The molecule has 5 heteroatoms. The normalized spacial score (nSPS) is 29.9. The molecule has 0 bridgehead atoms. The Kier molecular flexibility index (Phi) is 2.09. The Morgan fingerprint density at radius 1 is 1.39 bits per heavy atom. The first-order chi connectivity index (χ1) is 8.15. The van der Waals surface area contributed by atoms with Crippen molar-refractivity contribution in [3.05, 3.63) is 17.0 Å². The first kappa shape index (κ1) is 12.1. The molecule has 0 aromatic carbocycles. The molecule has 0 spiro atoms. The highest BCUT2D eigenvalue weighted by molar-refractivity contribution is 5.46. The first-order valence-electron chi connectivity index (χ1n) is 6.31. The monoisotopic (exact) mass is 258 g/mol. The predicted molar refractivity (Wildman–Crippen MR) is 61.5 cm³/mol. The van der Waals surface area contributed by atoms with Crippen LogP contribution < -0.4 is 0 Å². The van der Waals surface area contributed by atoms with Crippen LogP contribution in [0.4, 0.5) is 13.2 Å². The van der Waals surface area contributed by atoms with E-state index in [-0.39, 0.29) is 17.3 Å². The number of nitrogens with zero attached hydrogens (tertiary/aromatic N) is 2. The Morgan fingerprint density at radius 2 is 2.00 bits per heavy atom. The average Bonchev–Trinajstić information content (AvgIpc) is 2.82. The molecule has 18 heavy (non-hydrogen) atoms. The summed E-state index contributed by atoms with van der Waals surface area (Å²) in [5.41, 5.74) is 0.0903. The molecule has 100 valence electrons. The van der Waals surface area contributed by atoms with E-state index in [9.17, 15) is 13.2 Å². The molecule has 0 amide bonds. The van der Waals surface area contributed by atoms with Crippen molar-refractivity contribution in [2.45, 2.75) is 57.7 Å². The van der Waals surface area contributed by atoms with E-state index < -0.39 is 23.6 Å². The molecule has 3 atom stereocenters. The number of rotatable bonds is 1. The molecule has 0 radical (unpaired) electrons. The second-order valence-electron chi connectivity index (χ2n) is 6.42. The van der Waals surface area contributed by atoms with Crippen LogP contribution in [0.5, 0.6) is 0 Å². The number of aromatic nitrogens is 2. The van der Waals surface area contributed by atoms with Gasteiger partial charge in [-0.15, -0.1) is 0 Å². The van der Waals surface area contributed by atoms with Crippen LogP contribution in [0.1, 0.15) is 63.2 Å². The van der Waals surface area contributed by atoms with E-state index in [1.165, 1.54) is 11.6 Å². The van der Waals surface area contributed by atoms with Crippen LogP contribution in [0.3, 0.4) is 0 Å². The van der Waals surface area contributed by atoms with E-state index in [4.69, 9.17) is 0 Å². The molecule has 2 nitrogen and oxygen atoms in total. The van der Waals surface area contributed by atoms with E-state index in [2.05, 4.69) is 5.10 Å². The zero-order valence-electron chi connectivity index (χ0n) is 11.0. The van der Waals surface area contributed by atoms with Gasteiger partial charge in [0.25, 0.3) is 5.92 Å². The molecule has 1 heterocycles. The van der Waals surface area contributed by atoms with Gasteiger partial charge < -0.3 is 0 Å². The lowest BCUT2D eigenvalue weighted by Crippen LogP contribution is -2.30. The molecule has 1 aromatic heterocycles. The van der Waals surface area contributed by atoms with Crippen molar-refractivity contribution in [3.8, 4) is 0 Å². The maximum atomic E-state index is 14.3. The van der Waals surface area contributed by atoms with Crippen LogP contribution >= 0.6 is 0 Å². The molecule has 0 N–H and O–H groups in total. The summed E-state index contributed by atoms with van der Waals surface area (Å²) in [6, 6.07) is 0. The zero-order chi connectivity index (χ0) is 13.5. The summed E-state index contributed by atoms with van der Waals surface area (Å²) in [7, 11) is 0. The van der Waals surface area contributed by atoms with E-state index in [1.54, 1.807) is 0 Å². The standard InChI is InChI=1S/C13H17F3N2/c1-6(14)10-9-7-5-8(7)13(15,16)11(9)18(17-10)12(2,3)4/h6-8H,5H2,1-4H3. The summed E-state index contributed by atoms with van der Waals surface area (Å²) in [5.74, 6) is -3.66. The van der Waals surface area contributed by atoms with Crippen molar-refractivity contribution >= 4 is 0 Å². The molecule has 2 aliphatic carbocycles. The minimum atomic E-state index is -2.85. The number of fused-ring (bicyclic) bond motifs is 3. The van der Waals surface area contributed by atoms with Gasteiger partial charge in [-0.1, -0.05) is 0 Å². The third-order valence-corrected chi connectivity index (χ3v) is 3.91. The highest BCUT2D eigenvalue weighted by atomic mass is 19.3. The van der Waals surface area contributed by atoms with Crippen molar-refractivity contribution < 1.29 is 13.2 Å². The SMILES string of the molecule is CC(F)c1nn(C(C)(C)C)c2c1C1CC1C2(F)F. The number of alkyl halides is 3. The number of hydrogen-bond acceptors (Lipinski definition) is 1. The van der Waals surface area contributed by atoms with Crippen LogP contribution in [0.15, 0.2) is 0 Å². The quantitative estimate of drug-likeness (QED) is 0.747. The second-order valence-corrected chi connectivity index (χ2v) is 6.42. The Bertz CT molecular complexity index is 511. The molecule has 3 rings (SSSR count). The third-order valence-electron chi connectivity index (χ3n) is 3.91. The van der Waals surface area contributed by atoms with Crippen molar-refractivity contribution in [2.24, 2.45) is 5.92 Å². The van der Waals surface area contributed by atoms with E-state index in [1.807, 2.05) is 20.8 Å². The molecule has 0 saturated heterocycles. The molecular formula is C13H17F3N2. The average molecular weight is 258 g/mol. The Morgan fingerprint density at radius 3 is 2.50 bits per heavy atom. The topological polar surface area (TPSA) is 17.8 Å². The lowest BCUT2D eigenvalue weighted by atomic mass is 10.0. The van der Waals surface area contributed by atoms with Crippen LogP contribution in [-0.2, 0) is 11.5 Å². The lowest BCUT2D eigenvalue weighted by Gasteiger charge is -2.25. The van der Waals surface area contributed by atoms with E-state index in [0.717, 1.165) is 0 Å². The van der Waals surface area contributed by atoms with Gasteiger partial charge in [0.1, 0.15) is 17.6 Å². The summed E-state index contributed by atoms with van der Waals surface area (Å²) in [6.45, 7) is 6.80. The fraction of sp³-hybridized carbons (Fsp3) is 0.769. The van der Waals surface area contributed by atoms with Gasteiger partial charge in [-0.3, -0.25) is 4.68 Å². The minimum Gasteiger partial charge on any atom is -0.258 e. The molecule has 2 aliphatic rings. The zero-order valence-corrected chi connectivity index (χ0v) is 11.0. The summed E-state index contributed by atoms with van der Waals surface area (Å²) >= 11 is 0. The van der Waals surface area contributed by atoms with E-state index in [0.29, 0.717) is 12.0 Å². The summed E-state index contributed by atoms with van der Waals surface area (Å²) in [6.07, 6.45) is -0.826. The molecule has 1 saturated carbocycles. The lowest BCUT2D eigenvalue weighted by molar-refractivity contribution is -0.0342. The summed E-state index contributed by atoms with van der Waals surface area (Å²) in [5, 5.41) is 4.14. The molecule has 1 aromatic rings. The largest absolute Gasteiger partial charge is 0.293 e. The fourth-order valence-electron chi connectivity index (χ4n) is 3.00. The van der Waals surface area contributed by atoms with Crippen LogP contribution in [0, 0.1) is 5.92 Å². The Balaban J connectivity index is 2.26. The van der Waals surface area contributed by atoms with Crippen LogP contribution in [0.25, 0.3) is 0 Å². The smallest absolute Gasteiger partial charge is 0.258 e. The van der Waals surface area contributed by atoms with Crippen molar-refractivity contribution in [2.75, 3.05) is 0 Å². The summed E-state index contributed by atoms with van der Waals surface area (Å²) < 4.78 is 43.5. The molecule has 3 unspecified atom stereocenters. The highest BCUT2D eigenvalue weighted by Crippen LogP contribution is 2.68. The molecular weight excluding hydrogens is 241 g/mol. The van der Waals surface area contributed by atoms with Gasteiger partial charge >= 0.3 is 0 Å². The predicted octanol–water partition coefficient (Wildman–Crippen LogP) is 3.88. The Hall–Kier alpha value is -1.00. The maximum absolute atomic E-state index is 14.3. The third kappa shape index (κ3) is 1.33. The van der Waals surface area contributed by atoms with Crippen molar-refractivity contribution in [1.29, 1.82) is 0 Å². The highest BCUT2D eigenvalue weighted by Gasteiger charge is 2.67.